The fourth-order valence-electron chi connectivity index (χ4n) is 5.72. The summed E-state index contributed by atoms with van der Waals surface area (Å²) < 4.78 is 13.6. The molecule has 3 aliphatic carbocycles. The molecule has 196 valence electrons. The number of hydrogen-bond donors (Lipinski definition) is 4. The van der Waals surface area contributed by atoms with E-state index in [4.69, 9.17) is 15.2 Å². The number of aromatic nitrogens is 4. The zero-order valence-electron chi connectivity index (χ0n) is 21.0. The van der Waals surface area contributed by atoms with E-state index in [1.807, 2.05) is 16.6 Å². The van der Waals surface area contributed by atoms with Crippen molar-refractivity contribution >= 4 is 17.3 Å². The predicted octanol–water partition coefficient (Wildman–Crippen LogP) is 2.30. The smallest absolute Gasteiger partial charge is 0.255 e. The molecule has 0 unspecified atom stereocenters. The summed E-state index contributed by atoms with van der Waals surface area (Å²) in [7, 11) is 0. The highest BCUT2D eigenvalue weighted by Gasteiger charge is 2.54. The van der Waals surface area contributed by atoms with E-state index in [0.29, 0.717) is 23.1 Å². The Kier molecular flexibility index (Phi) is 5.45. The molecule has 11 heteroatoms. The van der Waals surface area contributed by atoms with E-state index in [0.717, 1.165) is 49.7 Å². The van der Waals surface area contributed by atoms with Crippen LogP contribution in [0.5, 0.6) is 11.6 Å². The lowest BCUT2D eigenvalue weighted by Crippen LogP contribution is -2.58. The summed E-state index contributed by atoms with van der Waals surface area (Å²) in [6.45, 7) is 3.59. The van der Waals surface area contributed by atoms with Crippen molar-refractivity contribution in [3.8, 4) is 11.6 Å². The molecule has 5 N–H and O–H groups in total. The van der Waals surface area contributed by atoms with Crippen LogP contribution in [0, 0.1) is 5.41 Å². The standard InChI is InChI=1S/C26H32N6O5/c1-25(2,35)13-36-20-6-5-19-17(12-29-32(19)21(20)14-3-4-14)23(34)30-15-7-26(8-15)9-16(10-26)37-24-18(22(27)33)11-28-31-24/h5-6,11-12,14-16,35H,3-4,7-10,13H2,1-2H3,(H2,27,33)(H,28,31)(H,30,34)/t15-,16-,26?. The number of fused-ring (bicyclic) bond motifs is 1. The Morgan fingerprint density at radius 1 is 1.22 bits per heavy atom. The summed E-state index contributed by atoms with van der Waals surface area (Å²) in [6, 6.07) is 3.84. The zero-order chi connectivity index (χ0) is 25.9. The van der Waals surface area contributed by atoms with Gasteiger partial charge in [0.15, 0.2) is 0 Å². The first-order chi connectivity index (χ1) is 17.6. The van der Waals surface area contributed by atoms with Crippen LogP contribution in [-0.4, -0.2) is 61.1 Å². The SMILES string of the molecule is CC(C)(O)COc1ccc2c(C(=O)N[C@H]3CC4(C3)C[C@H](Oc3[nH]ncc3C(N)=O)C4)cnn2c1C1CC1. The second-order valence-corrected chi connectivity index (χ2v) is 11.5. The number of carbonyl (C=O) groups is 2. The summed E-state index contributed by atoms with van der Waals surface area (Å²) in [6.07, 6.45) is 8.63. The van der Waals surface area contributed by atoms with E-state index in [1.165, 1.54) is 6.20 Å². The van der Waals surface area contributed by atoms with Gasteiger partial charge in [-0.15, -0.1) is 0 Å². The Hall–Kier alpha value is -3.60. The van der Waals surface area contributed by atoms with Crippen LogP contribution >= 0.6 is 0 Å². The maximum Gasteiger partial charge on any atom is 0.255 e. The van der Waals surface area contributed by atoms with Crippen molar-refractivity contribution in [1.82, 2.24) is 25.1 Å². The Morgan fingerprint density at radius 3 is 2.65 bits per heavy atom. The number of pyridine rings is 1. The lowest BCUT2D eigenvalue weighted by molar-refractivity contribution is -0.0848. The Morgan fingerprint density at radius 2 is 1.97 bits per heavy atom. The van der Waals surface area contributed by atoms with Gasteiger partial charge in [0.2, 0.25) is 5.88 Å². The minimum absolute atomic E-state index is 0.00323. The van der Waals surface area contributed by atoms with E-state index in [-0.39, 0.29) is 35.6 Å². The Bertz CT molecular complexity index is 1350. The molecular formula is C26H32N6O5. The monoisotopic (exact) mass is 508 g/mol. The van der Waals surface area contributed by atoms with Crippen LogP contribution in [-0.2, 0) is 0 Å². The lowest BCUT2D eigenvalue weighted by atomic mass is 9.53. The van der Waals surface area contributed by atoms with Crippen molar-refractivity contribution in [2.24, 2.45) is 11.1 Å². The van der Waals surface area contributed by atoms with Gasteiger partial charge in [0.05, 0.1) is 34.8 Å². The fraction of sp³-hybridized carbons (Fsp3) is 0.538. The topological polar surface area (TPSA) is 157 Å². The van der Waals surface area contributed by atoms with Crippen molar-refractivity contribution < 1.29 is 24.2 Å². The first-order valence-corrected chi connectivity index (χ1v) is 12.8. The number of carbonyl (C=O) groups excluding carboxylic acids is 2. The molecule has 1 spiro atoms. The third kappa shape index (κ3) is 4.52. The van der Waals surface area contributed by atoms with Crippen molar-refractivity contribution in [3.63, 3.8) is 0 Å². The first-order valence-electron chi connectivity index (χ1n) is 12.8. The number of H-pyrrole nitrogens is 1. The first kappa shape index (κ1) is 23.8. The number of nitrogens with one attached hydrogen (secondary N) is 2. The summed E-state index contributed by atoms with van der Waals surface area (Å²) in [4.78, 5) is 24.6. The number of nitrogens with two attached hydrogens (primary N) is 1. The second-order valence-electron chi connectivity index (χ2n) is 11.5. The molecular weight excluding hydrogens is 476 g/mol. The highest BCUT2D eigenvalue weighted by Crippen LogP contribution is 2.57. The van der Waals surface area contributed by atoms with Gasteiger partial charge in [-0.3, -0.25) is 9.59 Å². The molecule has 0 aliphatic heterocycles. The van der Waals surface area contributed by atoms with Gasteiger partial charge in [-0.05, 0) is 69.9 Å². The highest BCUT2D eigenvalue weighted by molar-refractivity contribution is 6.01. The fourth-order valence-corrected chi connectivity index (χ4v) is 5.72. The second kappa shape index (κ2) is 8.47. The number of amides is 2. The molecule has 0 aromatic carbocycles. The summed E-state index contributed by atoms with van der Waals surface area (Å²) in [5, 5.41) is 24.3. The van der Waals surface area contributed by atoms with Crippen LogP contribution < -0.4 is 20.5 Å². The maximum atomic E-state index is 13.1. The van der Waals surface area contributed by atoms with Gasteiger partial charge in [0, 0.05) is 12.0 Å². The molecule has 0 bridgehead atoms. The van der Waals surface area contributed by atoms with Crippen LogP contribution in [0.25, 0.3) is 5.52 Å². The van der Waals surface area contributed by atoms with E-state index in [9.17, 15) is 14.7 Å². The van der Waals surface area contributed by atoms with Crippen LogP contribution in [0.2, 0.25) is 0 Å². The minimum Gasteiger partial charge on any atom is -0.489 e. The number of aromatic amines is 1. The van der Waals surface area contributed by atoms with Crippen molar-refractivity contribution in [2.45, 2.75) is 76.0 Å². The van der Waals surface area contributed by atoms with Gasteiger partial charge < -0.3 is 25.6 Å². The zero-order valence-corrected chi connectivity index (χ0v) is 21.0. The van der Waals surface area contributed by atoms with E-state index in [1.54, 1.807) is 20.0 Å². The average molecular weight is 509 g/mol. The average Bonchev–Trinajstić information content (AvgIpc) is 3.34. The van der Waals surface area contributed by atoms with Crippen LogP contribution in [0.15, 0.2) is 24.5 Å². The molecule has 3 fully saturated rings. The molecule has 0 radical (unpaired) electrons. The maximum absolute atomic E-state index is 13.1. The molecule has 11 nitrogen and oxygen atoms in total. The van der Waals surface area contributed by atoms with Crippen LogP contribution in [0.3, 0.4) is 0 Å². The molecule has 3 aromatic heterocycles. The number of nitrogens with zero attached hydrogens (tertiary/aromatic N) is 3. The highest BCUT2D eigenvalue weighted by atomic mass is 16.5. The van der Waals surface area contributed by atoms with E-state index < -0.39 is 11.5 Å². The van der Waals surface area contributed by atoms with Gasteiger partial charge in [0.25, 0.3) is 11.8 Å². The van der Waals surface area contributed by atoms with Gasteiger partial charge in [-0.2, -0.15) is 10.2 Å². The molecule has 37 heavy (non-hydrogen) atoms. The Labute approximate surface area is 213 Å². The van der Waals surface area contributed by atoms with Crippen molar-refractivity contribution in [2.75, 3.05) is 6.61 Å². The van der Waals surface area contributed by atoms with E-state index in [2.05, 4.69) is 20.6 Å². The van der Waals surface area contributed by atoms with Crippen molar-refractivity contribution in [1.29, 1.82) is 0 Å². The van der Waals surface area contributed by atoms with Crippen LogP contribution in [0.1, 0.15) is 84.7 Å². The molecule has 3 aliphatic rings. The molecule has 3 heterocycles. The molecule has 3 aromatic rings. The normalized spacial score (nSPS) is 24.9. The quantitative estimate of drug-likeness (QED) is 0.345. The third-order valence-electron chi connectivity index (χ3n) is 7.64. The molecule has 0 saturated heterocycles. The van der Waals surface area contributed by atoms with E-state index >= 15 is 0 Å². The molecule has 3 saturated carbocycles. The number of hydrogen-bond acceptors (Lipinski definition) is 7. The van der Waals surface area contributed by atoms with Crippen LogP contribution in [0.4, 0.5) is 0 Å². The molecule has 0 atom stereocenters. The lowest BCUT2D eigenvalue weighted by Gasteiger charge is -2.57. The van der Waals surface area contributed by atoms with Crippen molar-refractivity contribution in [3.05, 3.63) is 41.3 Å². The van der Waals surface area contributed by atoms with Gasteiger partial charge in [0.1, 0.15) is 24.0 Å². The third-order valence-corrected chi connectivity index (χ3v) is 7.64. The predicted molar refractivity (Wildman–Crippen MR) is 133 cm³/mol. The number of primary amides is 1. The largest absolute Gasteiger partial charge is 0.489 e. The molecule has 2 amide bonds. The Balaban J connectivity index is 1.07. The minimum atomic E-state index is -0.941. The molecule has 6 rings (SSSR count). The summed E-state index contributed by atoms with van der Waals surface area (Å²) in [5.41, 5.74) is 7.09. The summed E-state index contributed by atoms with van der Waals surface area (Å²) >= 11 is 0. The van der Waals surface area contributed by atoms with Gasteiger partial charge in [-0.25, -0.2) is 9.61 Å². The number of ether oxygens (including phenoxy) is 2. The number of rotatable bonds is 9. The summed E-state index contributed by atoms with van der Waals surface area (Å²) in [5.74, 6) is 0.672. The van der Waals surface area contributed by atoms with Gasteiger partial charge >= 0.3 is 0 Å². The number of aliphatic hydroxyl groups is 1. The van der Waals surface area contributed by atoms with Gasteiger partial charge in [-0.1, -0.05) is 0 Å².